The lowest BCUT2D eigenvalue weighted by atomic mass is 9.96. The normalized spacial score (nSPS) is 15.5. The van der Waals surface area contributed by atoms with Crippen LogP contribution in [-0.2, 0) is 4.74 Å². The molecule has 1 N–H and O–H groups in total. The Morgan fingerprint density at radius 1 is 1.18 bits per heavy atom. The van der Waals surface area contributed by atoms with Crippen molar-refractivity contribution in [2.45, 2.75) is 39.2 Å². The molecule has 0 atom stereocenters. The molecule has 28 heavy (non-hydrogen) atoms. The number of alkyl carbamates (subject to hydrolysis) is 1. The van der Waals surface area contributed by atoms with Crippen LogP contribution in [0.25, 0.3) is 10.8 Å². The third-order valence-electron chi connectivity index (χ3n) is 4.91. The second kappa shape index (κ2) is 8.52. The molecule has 3 rings (SSSR count). The van der Waals surface area contributed by atoms with Crippen molar-refractivity contribution in [2.75, 3.05) is 19.6 Å². The molecule has 5 nitrogen and oxygen atoms in total. The van der Waals surface area contributed by atoms with Crippen molar-refractivity contribution in [1.82, 2.24) is 10.2 Å². The summed E-state index contributed by atoms with van der Waals surface area (Å²) in [5, 5.41) is 5.00. The molecule has 0 bridgehead atoms. The van der Waals surface area contributed by atoms with E-state index in [0.29, 0.717) is 25.6 Å². The van der Waals surface area contributed by atoms with E-state index in [1.165, 1.54) is 0 Å². The van der Waals surface area contributed by atoms with E-state index < -0.39 is 5.60 Å². The van der Waals surface area contributed by atoms with Crippen LogP contribution < -0.4 is 5.32 Å². The van der Waals surface area contributed by atoms with Crippen molar-refractivity contribution in [3.63, 3.8) is 0 Å². The van der Waals surface area contributed by atoms with Gasteiger partial charge in [-0.2, -0.15) is 0 Å². The fraction of sp³-hybridized carbons (Fsp3) is 0.455. The van der Waals surface area contributed by atoms with Crippen molar-refractivity contribution < 1.29 is 14.3 Å². The molecule has 1 heterocycles. The maximum absolute atomic E-state index is 12.9. The predicted molar refractivity (Wildman–Crippen MR) is 115 cm³/mol. The van der Waals surface area contributed by atoms with Crippen molar-refractivity contribution in [2.24, 2.45) is 5.92 Å². The van der Waals surface area contributed by atoms with E-state index >= 15 is 0 Å². The molecule has 1 fully saturated rings. The van der Waals surface area contributed by atoms with Gasteiger partial charge >= 0.3 is 6.09 Å². The van der Waals surface area contributed by atoms with Gasteiger partial charge in [-0.1, -0.05) is 34.1 Å². The Hall–Kier alpha value is -2.08. The number of nitrogens with zero attached hydrogens (tertiary/aromatic N) is 1. The van der Waals surface area contributed by atoms with E-state index in [1.807, 2.05) is 62.1 Å². The molecule has 0 radical (unpaired) electrons. The van der Waals surface area contributed by atoms with E-state index in [-0.39, 0.29) is 12.0 Å². The van der Waals surface area contributed by atoms with Crippen LogP contribution in [0, 0.1) is 5.92 Å². The lowest BCUT2D eigenvalue weighted by Crippen LogP contribution is -2.42. The smallest absolute Gasteiger partial charge is 0.407 e. The van der Waals surface area contributed by atoms with Gasteiger partial charge < -0.3 is 15.0 Å². The number of benzene rings is 2. The fourth-order valence-corrected chi connectivity index (χ4v) is 3.96. The van der Waals surface area contributed by atoms with Crippen LogP contribution in [0.3, 0.4) is 0 Å². The molecular formula is C22H27BrN2O3. The molecule has 1 aliphatic rings. The van der Waals surface area contributed by atoms with Crippen molar-refractivity contribution in [1.29, 1.82) is 0 Å². The number of likely N-dealkylation sites (tertiary alicyclic amines) is 1. The first-order valence-electron chi connectivity index (χ1n) is 9.67. The number of carbonyl (C=O) groups is 2. The third-order valence-corrected chi connectivity index (χ3v) is 5.60. The number of hydrogen-bond acceptors (Lipinski definition) is 3. The number of fused-ring (bicyclic) bond motifs is 1. The summed E-state index contributed by atoms with van der Waals surface area (Å²) < 4.78 is 6.30. The number of hydrogen-bond donors (Lipinski definition) is 1. The van der Waals surface area contributed by atoms with E-state index in [1.54, 1.807) is 0 Å². The topological polar surface area (TPSA) is 58.6 Å². The van der Waals surface area contributed by atoms with Crippen LogP contribution >= 0.6 is 15.9 Å². The largest absolute Gasteiger partial charge is 0.444 e. The molecule has 0 aliphatic carbocycles. The minimum atomic E-state index is -0.491. The summed E-state index contributed by atoms with van der Waals surface area (Å²) in [5.74, 6) is 0.435. The van der Waals surface area contributed by atoms with Gasteiger partial charge in [-0.15, -0.1) is 0 Å². The average molecular weight is 447 g/mol. The highest BCUT2D eigenvalue weighted by atomic mass is 79.9. The number of amides is 2. The average Bonchev–Trinajstić information content (AvgIpc) is 2.65. The number of ether oxygens (including phenoxy) is 1. The number of carbonyl (C=O) groups excluding carboxylic acids is 2. The molecule has 6 heteroatoms. The molecule has 0 aromatic heterocycles. The first kappa shape index (κ1) is 20.6. The zero-order valence-corrected chi connectivity index (χ0v) is 18.2. The van der Waals surface area contributed by atoms with Crippen LogP contribution in [0.15, 0.2) is 40.9 Å². The third kappa shape index (κ3) is 5.25. The highest BCUT2D eigenvalue weighted by molar-refractivity contribution is 9.10. The second-order valence-corrected chi connectivity index (χ2v) is 9.15. The van der Waals surface area contributed by atoms with Crippen LogP contribution in [0.5, 0.6) is 0 Å². The monoisotopic (exact) mass is 446 g/mol. The molecule has 1 saturated heterocycles. The maximum Gasteiger partial charge on any atom is 0.407 e. The molecule has 0 saturated carbocycles. The van der Waals surface area contributed by atoms with Crippen LogP contribution in [0.2, 0.25) is 0 Å². The van der Waals surface area contributed by atoms with Gasteiger partial charge in [-0.25, -0.2) is 4.79 Å². The lowest BCUT2D eigenvalue weighted by Gasteiger charge is -2.32. The molecule has 2 aromatic rings. The molecule has 150 valence electrons. The molecule has 2 amide bonds. The van der Waals surface area contributed by atoms with E-state index in [2.05, 4.69) is 21.2 Å². The quantitative estimate of drug-likeness (QED) is 0.722. The van der Waals surface area contributed by atoms with Crippen molar-refractivity contribution >= 4 is 38.7 Å². The SMILES string of the molecule is CC(C)(C)OC(=O)NCC1CCN(C(=O)c2ccc3c(Br)cccc3c2)CC1. The summed E-state index contributed by atoms with van der Waals surface area (Å²) >= 11 is 3.55. The van der Waals surface area contributed by atoms with Gasteiger partial charge in [0.25, 0.3) is 5.91 Å². The Bertz CT molecular complexity index is 868. The summed E-state index contributed by atoms with van der Waals surface area (Å²) in [4.78, 5) is 26.6. The van der Waals surface area contributed by atoms with E-state index in [0.717, 1.165) is 33.7 Å². The van der Waals surface area contributed by atoms with Crippen molar-refractivity contribution in [3.05, 3.63) is 46.4 Å². The minimum Gasteiger partial charge on any atom is -0.444 e. The number of nitrogens with one attached hydrogen (secondary N) is 1. The standard InChI is InChI=1S/C22H27BrN2O3/c1-22(2,3)28-21(27)24-14-15-9-11-25(12-10-15)20(26)17-7-8-18-16(13-17)5-4-6-19(18)23/h4-8,13,15H,9-12,14H2,1-3H3,(H,24,27). The maximum atomic E-state index is 12.9. The fourth-order valence-electron chi connectivity index (χ4n) is 3.44. The highest BCUT2D eigenvalue weighted by Gasteiger charge is 2.25. The summed E-state index contributed by atoms with van der Waals surface area (Å²) in [6.45, 7) is 7.54. The second-order valence-electron chi connectivity index (χ2n) is 8.29. The zero-order chi connectivity index (χ0) is 20.3. The molecule has 0 spiro atoms. The van der Waals surface area contributed by atoms with Gasteiger partial charge in [0.15, 0.2) is 0 Å². The van der Waals surface area contributed by atoms with Crippen LogP contribution in [-0.4, -0.2) is 42.1 Å². The summed E-state index contributed by atoms with van der Waals surface area (Å²) in [5.41, 5.74) is 0.228. The zero-order valence-electron chi connectivity index (χ0n) is 16.6. The Morgan fingerprint density at radius 3 is 2.57 bits per heavy atom. The predicted octanol–water partition coefficient (Wildman–Crippen LogP) is 4.98. The van der Waals surface area contributed by atoms with Gasteiger partial charge in [-0.3, -0.25) is 4.79 Å². The summed E-state index contributed by atoms with van der Waals surface area (Å²) in [6.07, 6.45) is 1.37. The van der Waals surface area contributed by atoms with Gasteiger partial charge in [-0.05, 0) is 68.5 Å². The van der Waals surface area contributed by atoms with Gasteiger partial charge in [0.05, 0.1) is 0 Å². The van der Waals surface area contributed by atoms with Crippen LogP contribution in [0.1, 0.15) is 44.0 Å². The van der Waals surface area contributed by atoms with Gasteiger partial charge in [0.2, 0.25) is 0 Å². The minimum absolute atomic E-state index is 0.0698. The number of rotatable bonds is 3. The van der Waals surface area contributed by atoms with Gasteiger partial charge in [0, 0.05) is 29.7 Å². The first-order valence-corrected chi connectivity index (χ1v) is 10.5. The Kier molecular flexibility index (Phi) is 6.28. The lowest BCUT2D eigenvalue weighted by molar-refractivity contribution is 0.0500. The summed E-state index contributed by atoms with van der Waals surface area (Å²) in [6, 6.07) is 11.8. The Labute approximate surface area is 174 Å². The molecule has 2 aromatic carbocycles. The van der Waals surface area contributed by atoms with E-state index in [4.69, 9.17) is 4.74 Å². The molecule has 0 unspecified atom stereocenters. The number of piperidine rings is 1. The first-order chi connectivity index (χ1) is 13.2. The summed E-state index contributed by atoms with van der Waals surface area (Å²) in [7, 11) is 0. The highest BCUT2D eigenvalue weighted by Crippen LogP contribution is 2.26. The number of halogens is 1. The molecule has 1 aliphatic heterocycles. The van der Waals surface area contributed by atoms with Crippen molar-refractivity contribution in [3.8, 4) is 0 Å². The Morgan fingerprint density at radius 2 is 1.89 bits per heavy atom. The molecular weight excluding hydrogens is 420 g/mol. The van der Waals surface area contributed by atoms with Crippen LogP contribution in [0.4, 0.5) is 4.79 Å². The van der Waals surface area contributed by atoms with E-state index in [9.17, 15) is 9.59 Å². The van der Waals surface area contributed by atoms with Gasteiger partial charge in [0.1, 0.15) is 5.60 Å². The Balaban J connectivity index is 1.53.